The average molecular weight is 327 g/mol. The van der Waals surface area contributed by atoms with Crippen LogP contribution in [0.1, 0.15) is 18.0 Å². The summed E-state index contributed by atoms with van der Waals surface area (Å²) in [5.74, 6) is 0.300. The molecule has 1 atom stereocenters. The maximum atomic E-state index is 11.7. The smallest absolute Gasteiger partial charge is 0.237 e. The largest absolute Gasteiger partial charge is 0.497 e. The molecule has 0 fully saturated rings. The maximum absolute atomic E-state index is 11.7. The highest BCUT2D eigenvalue weighted by molar-refractivity contribution is 9.10. The molecule has 6 heteroatoms. The van der Waals surface area contributed by atoms with Crippen molar-refractivity contribution >= 4 is 21.8 Å². The minimum atomic E-state index is -0.523. The second-order valence-corrected chi connectivity index (χ2v) is 4.78. The first-order valence-electron chi connectivity index (χ1n) is 5.62. The number of hydrogen-bond donors (Lipinski definition) is 1. The molecule has 0 saturated heterocycles. The Hall–Kier alpha value is -1.58. The zero-order valence-corrected chi connectivity index (χ0v) is 12.3. The monoisotopic (exact) mass is 326 g/mol. The fourth-order valence-corrected chi connectivity index (χ4v) is 2.21. The van der Waals surface area contributed by atoms with Gasteiger partial charge in [-0.25, -0.2) is 0 Å². The van der Waals surface area contributed by atoms with Gasteiger partial charge in [0.05, 0.1) is 25.8 Å². The number of nitrogens with zero attached hydrogens (tertiary/aromatic N) is 2. The first-order chi connectivity index (χ1) is 9.04. The Balaban J connectivity index is 3.09. The van der Waals surface area contributed by atoms with Gasteiger partial charge in [0.1, 0.15) is 12.2 Å². The lowest BCUT2D eigenvalue weighted by molar-refractivity contribution is -0.131. The Morgan fingerprint density at radius 2 is 2.32 bits per heavy atom. The van der Waals surface area contributed by atoms with E-state index in [0.717, 1.165) is 10.0 Å². The van der Waals surface area contributed by atoms with Crippen LogP contribution in [0.2, 0.25) is 0 Å². The SMILES string of the molecule is COc1ccc(Br)c([C@@H](CO)N(C)C(=O)CC#N)c1. The van der Waals surface area contributed by atoms with Crippen LogP contribution in [0.3, 0.4) is 0 Å². The first kappa shape index (κ1) is 15.5. The number of hydrogen-bond acceptors (Lipinski definition) is 4. The number of aliphatic hydroxyl groups excluding tert-OH is 1. The summed E-state index contributed by atoms with van der Waals surface area (Å²) < 4.78 is 5.90. The van der Waals surface area contributed by atoms with Gasteiger partial charge in [-0.1, -0.05) is 15.9 Å². The molecule has 1 aromatic carbocycles. The van der Waals surface area contributed by atoms with Gasteiger partial charge in [0.2, 0.25) is 5.91 Å². The number of amides is 1. The van der Waals surface area contributed by atoms with Crippen molar-refractivity contribution in [1.29, 1.82) is 5.26 Å². The fourth-order valence-electron chi connectivity index (χ4n) is 1.70. The molecule has 1 amide bonds. The molecule has 0 unspecified atom stereocenters. The van der Waals surface area contributed by atoms with Gasteiger partial charge in [-0.15, -0.1) is 0 Å². The highest BCUT2D eigenvalue weighted by Gasteiger charge is 2.23. The summed E-state index contributed by atoms with van der Waals surface area (Å²) in [6, 6.07) is 6.60. The van der Waals surface area contributed by atoms with Gasteiger partial charge in [-0.2, -0.15) is 5.26 Å². The molecule has 5 nitrogen and oxygen atoms in total. The van der Waals surface area contributed by atoms with Gasteiger partial charge in [0.15, 0.2) is 0 Å². The highest BCUT2D eigenvalue weighted by atomic mass is 79.9. The number of benzene rings is 1. The number of halogens is 1. The van der Waals surface area contributed by atoms with Crippen molar-refractivity contribution < 1.29 is 14.6 Å². The zero-order valence-electron chi connectivity index (χ0n) is 10.8. The molecule has 1 N–H and O–H groups in total. The van der Waals surface area contributed by atoms with E-state index in [1.54, 1.807) is 38.4 Å². The fraction of sp³-hybridized carbons (Fsp3) is 0.385. The van der Waals surface area contributed by atoms with Crippen LogP contribution in [0.4, 0.5) is 0 Å². The summed E-state index contributed by atoms with van der Waals surface area (Å²) in [4.78, 5) is 13.1. The maximum Gasteiger partial charge on any atom is 0.237 e. The lowest BCUT2D eigenvalue weighted by atomic mass is 10.1. The molecule has 102 valence electrons. The van der Waals surface area contributed by atoms with Crippen molar-refractivity contribution in [3.8, 4) is 11.8 Å². The van der Waals surface area contributed by atoms with E-state index in [1.807, 2.05) is 0 Å². The Kier molecular flexibility index (Phi) is 5.80. The number of carbonyl (C=O) groups excluding carboxylic acids is 1. The summed E-state index contributed by atoms with van der Waals surface area (Å²) in [5.41, 5.74) is 0.732. The van der Waals surface area contributed by atoms with Crippen molar-refractivity contribution in [2.45, 2.75) is 12.5 Å². The lowest BCUT2D eigenvalue weighted by Gasteiger charge is -2.27. The predicted molar refractivity (Wildman–Crippen MR) is 73.5 cm³/mol. The second kappa shape index (κ2) is 7.12. The van der Waals surface area contributed by atoms with Gasteiger partial charge in [-0.05, 0) is 23.8 Å². The van der Waals surface area contributed by atoms with Gasteiger partial charge >= 0.3 is 0 Å². The molecule has 0 aromatic heterocycles. The van der Waals surface area contributed by atoms with E-state index >= 15 is 0 Å². The molecule has 0 bridgehead atoms. The zero-order chi connectivity index (χ0) is 14.4. The molecule has 1 rings (SSSR count). The number of rotatable bonds is 5. The van der Waals surface area contributed by atoms with Gasteiger partial charge in [-0.3, -0.25) is 4.79 Å². The topological polar surface area (TPSA) is 73.6 Å². The summed E-state index contributed by atoms with van der Waals surface area (Å²) in [6.07, 6.45) is -0.214. The summed E-state index contributed by atoms with van der Waals surface area (Å²) in [5, 5.41) is 18.1. The Morgan fingerprint density at radius 1 is 1.63 bits per heavy atom. The van der Waals surface area contributed by atoms with Crippen molar-refractivity contribution in [2.24, 2.45) is 0 Å². The third-order valence-electron chi connectivity index (χ3n) is 2.83. The standard InChI is InChI=1S/C13H15BrN2O3/c1-16(13(18)5-6-15)12(8-17)10-7-9(19-2)3-4-11(10)14/h3-4,7,12,17H,5,8H2,1-2H3/t12-/m1/s1. The van der Waals surface area contributed by atoms with Crippen LogP contribution < -0.4 is 4.74 Å². The highest BCUT2D eigenvalue weighted by Crippen LogP contribution is 2.30. The van der Waals surface area contributed by atoms with Gasteiger partial charge in [0.25, 0.3) is 0 Å². The number of likely N-dealkylation sites (N-methyl/N-ethyl adjacent to an activating group) is 1. The van der Waals surface area contributed by atoms with Crippen molar-refractivity contribution in [2.75, 3.05) is 20.8 Å². The van der Waals surface area contributed by atoms with E-state index in [2.05, 4.69) is 15.9 Å². The van der Waals surface area contributed by atoms with E-state index in [0.29, 0.717) is 5.75 Å². The Bertz CT molecular complexity index is 499. The minimum Gasteiger partial charge on any atom is -0.497 e. The third kappa shape index (κ3) is 3.69. The van der Waals surface area contributed by atoms with Crippen molar-refractivity contribution in [3.63, 3.8) is 0 Å². The molecule has 0 spiro atoms. The van der Waals surface area contributed by atoms with Crippen LogP contribution in [-0.4, -0.2) is 36.7 Å². The lowest BCUT2D eigenvalue weighted by Crippen LogP contribution is -2.33. The minimum absolute atomic E-state index is 0.214. The van der Waals surface area contributed by atoms with Crippen LogP contribution >= 0.6 is 15.9 Å². The number of nitriles is 1. The first-order valence-corrected chi connectivity index (χ1v) is 6.41. The Morgan fingerprint density at radius 3 is 2.84 bits per heavy atom. The molecule has 0 saturated carbocycles. The molecule has 0 radical (unpaired) electrons. The van der Waals surface area contributed by atoms with Crippen LogP contribution in [0.5, 0.6) is 5.75 Å². The normalized spacial score (nSPS) is 11.5. The van der Waals surface area contributed by atoms with E-state index in [9.17, 15) is 9.90 Å². The molecule has 0 aliphatic heterocycles. The number of ether oxygens (including phenoxy) is 1. The van der Waals surface area contributed by atoms with Gasteiger partial charge < -0.3 is 14.7 Å². The Labute approximate surface area is 120 Å². The number of aliphatic hydroxyl groups is 1. The van der Waals surface area contributed by atoms with E-state index < -0.39 is 6.04 Å². The van der Waals surface area contributed by atoms with Crippen molar-refractivity contribution in [3.05, 3.63) is 28.2 Å². The molecular weight excluding hydrogens is 312 g/mol. The van der Waals surface area contributed by atoms with E-state index in [1.165, 1.54) is 4.90 Å². The van der Waals surface area contributed by atoms with Crippen molar-refractivity contribution in [1.82, 2.24) is 4.90 Å². The third-order valence-corrected chi connectivity index (χ3v) is 3.55. The molecule has 0 aliphatic carbocycles. The number of carbonyl (C=O) groups is 1. The van der Waals surface area contributed by atoms with Gasteiger partial charge in [0, 0.05) is 11.5 Å². The summed E-state index contributed by atoms with van der Waals surface area (Å²) >= 11 is 3.39. The molecule has 0 aliphatic rings. The van der Waals surface area contributed by atoms with E-state index in [4.69, 9.17) is 10.00 Å². The molecule has 0 heterocycles. The van der Waals surface area contributed by atoms with Crippen LogP contribution in [-0.2, 0) is 4.79 Å². The molecule has 19 heavy (non-hydrogen) atoms. The quantitative estimate of drug-likeness (QED) is 0.896. The molecule has 1 aromatic rings. The number of methoxy groups -OCH3 is 1. The predicted octanol–water partition coefficient (Wildman–Crippen LogP) is 1.86. The van der Waals surface area contributed by atoms with Crippen LogP contribution in [0.25, 0.3) is 0 Å². The molecular formula is C13H15BrN2O3. The summed E-state index contributed by atoms with van der Waals surface area (Å²) in [7, 11) is 3.11. The van der Waals surface area contributed by atoms with Crippen LogP contribution in [0.15, 0.2) is 22.7 Å². The average Bonchev–Trinajstić information content (AvgIpc) is 2.41. The van der Waals surface area contributed by atoms with E-state index in [-0.39, 0.29) is 18.9 Å². The van der Waals surface area contributed by atoms with Crippen LogP contribution in [0, 0.1) is 11.3 Å². The summed E-state index contributed by atoms with van der Waals surface area (Å²) in [6.45, 7) is -0.237. The second-order valence-electron chi connectivity index (χ2n) is 3.93.